The van der Waals surface area contributed by atoms with E-state index in [4.69, 9.17) is 0 Å². The van der Waals surface area contributed by atoms with Crippen molar-refractivity contribution >= 4 is 5.69 Å². The molecule has 0 saturated heterocycles. The van der Waals surface area contributed by atoms with Crippen molar-refractivity contribution in [2.75, 3.05) is 11.9 Å². The number of rotatable bonds is 4. The van der Waals surface area contributed by atoms with Gasteiger partial charge in [0.1, 0.15) is 11.5 Å². The van der Waals surface area contributed by atoms with Crippen molar-refractivity contribution in [3.8, 4) is 0 Å². The van der Waals surface area contributed by atoms with Crippen LogP contribution < -0.4 is 10.9 Å². The van der Waals surface area contributed by atoms with Gasteiger partial charge in [-0.3, -0.25) is 4.79 Å². The van der Waals surface area contributed by atoms with E-state index in [1.807, 2.05) is 0 Å². The van der Waals surface area contributed by atoms with E-state index < -0.39 is 23.2 Å². The van der Waals surface area contributed by atoms with Crippen LogP contribution in [-0.2, 0) is 12.7 Å². The molecule has 0 aliphatic carbocycles. The predicted molar refractivity (Wildman–Crippen MR) is 70.6 cm³/mol. The van der Waals surface area contributed by atoms with Crippen molar-refractivity contribution in [2.45, 2.75) is 12.7 Å². The van der Waals surface area contributed by atoms with Crippen LogP contribution in [0.3, 0.4) is 0 Å². The smallest absolute Gasteiger partial charge is 0.383 e. The van der Waals surface area contributed by atoms with Gasteiger partial charge in [-0.15, -0.1) is 0 Å². The van der Waals surface area contributed by atoms with E-state index in [-0.39, 0.29) is 13.1 Å². The molecule has 3 nitrogen and oxygen atoms in total. The first-order valence-electron chi connectivity index (χ1n) is 6.14. The Balaban J connectivity index is 2.12. The highest BCUT2D eigenvalue weighted by Gasteiger charge is 2.33. The van der Waals surface area contributed by atoms with Crippen molar-refractivity contribution in [3.63, 3.8) is 0 Å². The van der Waals surface area contributed by atoms with E-state index in [2.05, 4.69) is 5.32 Å². The summed E-state index contributed by atoms with van der Waals surface area (Å²) in [4.78, 5) is 11.6. The molecule has 1 N–H and O–H groups in total. The van der Waals surface area contributed by atoms with Crippen molar-refractivity contribution in [2.24, 2.45) is 0 Å². The molecule has 0 bridgehead atoms. The van der Waals surface area contributed by atoms with Crippen LogP contribution >= 0.6 is 0 Å². The monoisotopic (exact) mass is 300 g/mol. The SMILES string of the molecule is O=c1cccc(C(F)(F)F)n1CCNc1cccc(F)c1. The Morgan fingerprint density at radius 1 is 1.10 bits per heavy atom. The number of pyridine rings is 1. The van der Waals surface area contributed by atoms with E-state index in [0.717, 1.165) is 18.2 Å². The highest BCUT2D eigenvalue weighted by Crippen LogP contribution is 2.27. The van der Waals surface area contributed by atoms with E-state index >= 15 is 0 Å². The number of nitrogens with one attached hydrogen (secondary N) is 1. The molecule has 1 heterocycles. The summed E-state index contributed by atoms with van der Waals surface area (Å²) in [6, 6.07) is 8.53. The average Bonchev–Trinajstić information content (AvgIpc) is 2.39. The number of hydrogen-bond donors (Lipinski definition) is 1. The lowest BCUT2D eigenvalue weighted by Crippen LogP contribution is -2.29. The Bertz CT molecular complexity index is 679. The second-order valence-corrected chi connectivity index (χ2v) is 4.34. The van der Waals surface area contributed by atoms with E-state index in [1.54, 1.807) is 6.07 Å². The van der Waals surface area contributed by atoms with Gasteiger partial charge in [0.05, 0.1) is 0 Å². The van der Waals surface area contributed by atoms with Crippen LogP contribution in [0.5, 0.6) is 0 Å². The van der Waals surface area contributed by atoms with Gasteiger partial charge in [-0.05, 0) is 24.3 Å². The predicted octanol–water partition coefficient (Wildman–Crippen LogP) is 3.12. The van der Waals surface area contributed by atoms with E-state index in [1.165, 1.54) is 18.2 Å². The Hall–Kier alpha value is -2.31. The quantitative estimate of drug-likeness (QED) is 0.880. The van der Waals surface area contributed by atoms with Gasteiger partial charge in [0, 0.05) is 24.8 Å². The average molecular weight is 300 g/mol. The second kappa shape index (κ2) is 5.99. The molecular weight excluding hydrogens is 288 g/mol. The Labute approximate surface area is 117 Å². The molecule has 0 fully saturated rings. The molecule has 112 valence electrons. The van der Waals surface area contributed by atoms with E-state index in [9.17, 15) is 22.4 Å². The molecule has 21 heavy (non-hydrogen) atoms. The van der Waals surface area contributed by atoms with Gasteiger partial charge in [0.2, 0.25) is 0 Å². The zero-order valence-electron chi connectivity index (χ0n) is 10.8. The summed E-state index contributed by atoms with van der Waals surface area (Å²) in [7, 11) is 0. The van der Waals surface area contributed by atoms with Crippen molar-refractivity contribution in [3.05, 3.63) is 64.3 Å². The third kappa shape index (κ3) is 3.84. The molecule has 0 atom stereocenters. The molecule has 2 aromatic rings. The van der Waals surface area contributed by atoms with Gasteiger partial charge in [0.25, 0.3) is 5.56 Å². The first kappa shape index (κ1) is 15.1. The molecule has 0 saturated carbocycles. The highest BCUT2D eigenvalue weighted by molar-refractivity contribution is 5.42. The van der Waals surface area contributed by atoms with Crippen molar-refractivity contribution in [1.29, 1.82) is 0 Å². The third-order valence-corrected chi connectivity index (χ3v) is 2.83. The molecule has 0 radical (unpaired) electrons. The number of aromatic nitrogens is 1. The van der Waals surface area contributed by atoms with Gasteiger partial charge >= 0.3 is 6.18 Å². The van der Waals surface area contributed by atoms with Gasteiger partial charge in [0.15, 0.2) is 0 Å². The lowest BCUT2D eigenvalue weighted by atomic mass is 10.3. The van der Waals surface area contributed by atoms with Crippen LogP contribution in [0.4, 0.5) is 23.2 Å². The lowest BCUT2D eigenvalue weighted by Gasteiger charge is -2.15. The third-order valence-electron chi connectivity index (χ3n) is 2.83. The summed E-state index contributed by atoms with van der Waals surface area (Å²) in [5, 5.41) is 2.77. The first-order chi connectivity index (χ1) is 9.88. The fourth-order valence-electron chi connectivity index (χ4n) is 1.91. The standard InChI is InChI=1S/C14H12F4N2O/c15-10-3-1-4-11(9-10)19-7-8-20-12(14(16,17)18)5-2-6-13(20)21/h1-6,9,19H,7-8H2. The first-order valence-corrected chi connectivity index (χ1v) is 6.14. The number of nitrogens with zero attached hydrogens (tertiary/aromatic N) is 1. The van der Waals surface area contributed by atoms with Crippen LogP contribution in [0.25, 0.3) is 0 Å². The number of benzene rings is 1. The summed E-state index contributed by atoms with van der Waals surface area (Å²) in [5.41, 5.74) is -1.30. The maximum absolute atomic E-state index is 13.0. The summed E-state index contributed by atoms with van der Waals surface area (Å²) in [6.07, 6.45) is -4.60. The molecule has 1 aromatic carbocycles. The number of alkyl halides is 3. The summed E-state index contributed by atoms with van der Waals surface area (Å²) < 4.78 is 52.0. The van der Waals surface area contributed by atoms with Gasteiger partial charge in [-0.2, -0.15) is 13.2 Å². The maximum Gasteiger partial charge on any atom is 0.431 e. The molecule has 0 aliphatic rings. The summed E-state index contributed by atoms with van der Waals surface area (Å²) in [6.45, 7) is -0.110. The Kier molecular flexibility index (Phi) is 4.30. The van der Waals surface area contributed by atoms with Crippen LogP contribution in [0.15, 0.2) is 47.3 Å². The van der Waals surface area contributed by atoms with Gasteiger partial charge in [-0.1, -0.05) is 12.1 Å². The summed E-state index contributed by atoms with van der Waals surface area (Å²) in [5.74, 6) is -0.451. The van der Waals surface area contributed by atoms with Crippen molar-refractivity contribution in [1.82, 2.24) is 4.57 Å². The molecule has 0 aliphatic heterocycles. The van der Waals surface area contributed by atoms with Crippen LogP contribution in [0.1, 0.15) is 5.69 Å². The minimum Gasteiger partial charge on any atom is -0.383 e. The molecule has 2 rings (SSSR count). The topological polar surface area (TPSA) is 34.0 Å². The van der Waals surface area contributed by atoms with Crippen LogP contribution in [-0.4, -0.2) is 11.1 Å². The normalized spacial score (nSPS) is 11.4. The van der Waals surface area contributed by atoms with E-state index in [0.29, 0.717) is 10.3 Å². The zero-order chi connectivity index (χ0) is 15.5. The Morgan fingerprint density at radius 3 is 2.48 bits per heavy atom. The number of anilines is 1. The van der Waals surface area contributed by atoms with Crippen molar-refractivity contribution < 1.29 is 17.6 Å². The lowest BCUT2D eigenvalue weighted by molar-refractivity contribution is -0.144. The molecular formula is C14H12F4N2O. The fraction of sp³-hybridized carbons (Fsp3) is 0.214. The van der Waals surface area contributed by atoms with Crippen LogP contribution in [0, 0.1) is 5.82 Å². The summed E-state index contributed by atoms with van der Waals surface area (Å²) >= 11 is 0. The fourth-order valence-corrected chi connectivity index (χ4v) is 1.91. The molecule has 0 spiro atoms. The minimum atomic E-state index is -4.60. The molecule has 7 heteroatoms. The zero-order valence-corrected chi connectivity index (χ0v) is 10.8. The minimum absolute atomic E-state index is 0.0659. The Morgan fingerprint density at radius 2 is 1.81 bits per heavy atom. The molecule has 0 unspecified atom stereocenters. The highest BCUT2D eigenvalue weighted by atomic mass is 19.4. The van der Waals surface area contributed by atoms with Gasteiger partial charge < -0.3 is 9.88 Å². The second-order valence-electron chi connectivity index (χ2n) is 4.34. The molecule has 1 aromatic heterocycles. The largest absolute Gasteiger partial charge is 0.431 e. The molecule has 0 amide bonds. The number of hydrogen-bond acceptors (Lipinski definition) is 2. The van der Waals surface area contributed by atoms with Gasteiger partial charge in [-0.25, -0.2) is 4.39 Å². The number of halogens is 4. The van der Waals surface area contributed by atoms with Crippen LogP contribution in [0.2, 0.25) is 0 Å². The maximum atomic E-state index is 13.0.